The summed E-state index contributed by atoms with van der Waals surface area (Å²) in [6.07, 6.45) is 0. The van der Waals surface area contributed by atoms with Crippen molar-refractivity contribution in [3.63, 3.8) is 0 Å². The fraction of sp³-hybridized carbons (Fsp3) is 0.200. The molecule has 7 heteroatoms. The van der Waals surface area contributed by atoms with Gasteiger partial charge in [0.2, 0.25) is 5.91 Å². The topological polar surface area (TPSA) is 83.2 Å². The number of nitrogens with one attached hydrogen (secondary N) is 3. The number of halogens is 1. The van der Waals surface area contributed by atoms with Crippen molar-refractivity contribution < 1.29 is 9.53 Å². The number of aromatic amines is 1. The van der Waals surface area contributed by atoms with Gasteiger partial charge in [-0.25, -0.2) is 0 Å². The molecule has 0 bridgehead atoms. The number of hydrogen-bond donors (Lipinski definition) is 3. The lowest BCUT2D eigenvalue weighted by Gasteiger charge is -2.17. The van der Waals surface area contributed by atoms with Crippen LogP contribution in [0.4, 0.5) is 11.4 Å². The van der Waals surface area contributed by atoms with E-state index in [9.17, 15) is 9.59 Å². The van der Waals surface area contributed by atoms with Crippen molar-refractivity contribution in [2.75, 3.05) is 17.7 Å². The van der Waals surface area contributed by atoms with E-state index in [-0.39, 0.29) is 17.5 Å². The second-order valence-electron chi connectivity index (χ2n) is 6.23. The van der Waals surface area contributed by atoms with Crippen LogP contribution in [0, 0.1) is 0 Å². The average molecular weight is 386 g/mol. The fourth-order valence-electron chi connectivity index (χ4n) is 2.94. The molecule has 0 radical (unpaired) electrons. The molecule has 1 atom stereocenters. The maximum Gasteiger partial charge on any atom is 0.253 e. The lowest BCUT2D eigenvalue weighted by atomic mass is 10.1. The molecule has 0 unspecified atom stereocenters. The number of methoxy groups -OCH3 is 1. The molecule has 0 saturated heterocycles. The average Bonchev–Trinajstić information content (AvgIpc) is 2.62. The van der Waals surface area contributed by atoms with E-state index >= 15 is 0 Å². The highest BCUT2D eigenvalue weighted by Gasteiger charge is 2.14. The number of rotatable bonds is 5. The molecule has 140 valence electrons. The number of pyridine rings is 1. The first-order valence-corrected chi connectivity index (χ1v) is 8.80. The summed E-state index contributed by atoms with van der Waals surface area (Å²) in [5.41, 5.74) is 2.38. The summed E-state index contributed by atoms with van der Waals surface area (Å²) in [6, 6.07) is 12.5. The van der Waals surface area contributed by atoms with Crippen molar-refractivity contribution in [1.82, 2.24) is 4.98 Å². The monoisotopic (exact) mass is 385 g/mol. The molecule has 0 spiro atoms. The van der Waals surface area contributed by atoms with Crippen LogP contribution in [0.15, 0.2) is 47.3 Å². The Bertz CT molecular complexity index is 1060. The minimum absolute atomic E-state index is 0.140. The van der Waals surface area contributed by atoms with Gasteiger partial charge in [0, 0.05) is 29.2 Å². The largest absolute Gasteiger partial charge is 0.495 e. The van der Waals surface area contributed by atoms with E-state index < -0.39 is 0 Å². The summed E-state index contributed by atoms with van der Waals surface area (Å²) in [7, 11) is 1.53. The molecule has 0 aliphatic heterocycles. The number of hydrogen-bond acceptors (Lipinski definition) is 4. The van der Waals surface area contributed by atoms with Crippen molar-refractivity contribution in [3.8, 4) is 5.75 Å². The lowest BCUT2D eigenvalue weighted by molar-refractivity contribution is -0.114. The van der Waals surface area contributed by atoms with Gasteiger partial charge in [0.05, 0.1) is 18.7 Å². The van der Waals surface area contributed by atoms with Crippen LogP contribution >= 0.6 is 11.6 Å². The molecule has 3 N–H and O–H groups in total. The van der Waals surface area contributed by atoms with Crippen LogP contribution in [0.2, 0.25) is 5.02 Å². The zero-order valence-electron chi connectivity index (χ0n) is 15.2. The maximum absolute atomic E-state index is 12.6. The molecule has 3 rings (SSSR count). The Morgan fingerprint density at radius 2 is 1.93 bits per heavy atom. The summed E-state index contributed by atoms with van der Waals surface area (Å²) in [5.74, 6) is 0.368. The summed E-state index contributed by atoms with van der Waals surface area (Å²) in [6.45, 7) is 3.35. The zero-order valence-corrected chi connectivity index (χ0v) is 16.0. The van der Waals surface area contributed by atoms with Crippen LogP contribution in [0.3, 0.4) is 0 Å². The van der Waals surface area contributed by atoms with Gasteiger partial charge in [0.25, 0.3) is 5.56 Å². The van der Waals surface area contributed by atoms with Crippen molar-refractivity contribution in [1.29, 1.82) is 0 Å². The minimum Gasteiger partial charge on any atom is -0.495 e. The Morgan fingerprint density at radius 1 is 1.19 bits per heavy atom. The Kier molecular flexibility index (Phi) is 5.37. The van der Waals surface area contributed by atoms with Crippen LogP contribution in [-0.4, -0.2) is 18.0 Å². The molecule has 0 aliphatic rings. The van der Waals surface area contributed by atoms with Gasteiger partial charge in [-0.2, -0.15) is 0 Å². The first-order valence-electron chi connectivity index (χ1n) is 8.42. The van der Waals surface area contributed by atoms with E-state index in [1.807, 2.05) is 37.3 Å². The first kappa shape index (κ1) is 18.8. The maximum atomic E-state index is 12.6. The van der Waals surface area contributed by atoms with E-state index in [4.69, 9.17) is 16.3 Å². The Labute approximate surface area is 161 Å². The minimum atomic E-state index is -0.258. The molecule has 2 aromatic carbocycles. The van der Waals surface area contributed by atoms with E-state index in [2.05, 4.69) is 15.6 Å². The predicted octanol–water partition coefficient (Wildman–Crippen LogP) is 4.32. The number of amides is 1. The zero-order chi connectivity index (χ0) is 19.6. The van der Waals surface area contributed by atoms with Crippen molar-refractivity contribution >= 4 is 39.8 Å². The summed E-state index contributed by atoms with van der Waals surface area (Å²) >= 11 is 6.29. The predicted molar refractivity (Wildman–Crippen MR) is 109 cm³/mol. The highest BCUT2D eigenvalue weighted by atomic mass is 35.5. The van der Waals surface area contributed by atoms with Crippen LogP contribution in [0.1, 0.15) is 25.5 Å². The van der Waals surface area contributed by atoms with Crippen molar-refractivity contribution in [2.45, 2.75) is 19.9 Å². The number of fused-ring (bicyclic) bond motifs is 1. The smallest absolute Gasteiger partial charge is 0.253 e. The molecule has 1 amide bonds. The SMILES string of the molecule is COc1ccc2cc([C@H](C)Nc3cccc(NC(C)=O)c3)c(=O)[nH]c2c1Cl. The Morgan fingerprint density at radius 3 is 2.63 bits per heavy atom. The van der Waals surface area contributed by atoms with Crippen LogP contribution in [0.5, 0.6) is 5.75 Å². The van der Waals surface area contributed by atoms with Gasteiger partial charge in [0.1, 0.15) is 10.8 Å². The van der Waals surface area contributed by atoms with Gasteiger partial charge in [0.15, 0.2) is 0 Å². The van der Waals surface area contributed by atoms with Crippen LogP contribution in [-0.2, 0) is 4.79 Å². The van der Waals surface area contributed by atoms with E-state index in [1.54, 1.807) is 12.1 Å². The van der Waals surface area contributed by atoms with Crippen LogP contribution in [0.25, 0.3) is 10.9 Å². The normalized spacial score (nSPS) is 11.9. The fourth-order valence-corrected chi connectivity index (χ4v) is 3.23. The van der Waals surface area contributed by atoms with Gasteiger partial charge in [-0.05, 0) is 43.3 Å². The van der Waals surface area contributed by atoms with E-state index in [1.165, 1.54) is 14.0 Å². The molecule has 1 heterocycles. The van der Waals surface area contributed by atoms with E-state index in [0.717, 1.165) is 11.1 Å². The van der Waals surface area contributed by atoms with Crippen molar-refractivity contribution in [3.05, 3.63) is 63.4 Å². The molecule has 3 aromatic rings. The number of anilines is 2. The number of carbonyl (C=O) groups excluding carboxylic acids is 1. The standard InChI is InChI=1S/C20H20ClN3O3/c1-11(22-14-5-4-6-15(10-14)23-12(2)25)16-9-13-7-8-17(27-3)18(21)19(13)24-20(16)26/h4-11,22H,1-3H3,(H,23,25)(H,24,26)/t11-/m0/s1. The highest BCUT2D eigenvalue weighted by molar-refractivity contribution is 6.36. The van der Waals surface area contributed by atoms with E-state index in [0.29, 0.717) is 27.5 Å². The molecular formula is C20H20ClN3O3. The highest BCUT2D eigenvalue weighted by Crippen LogP contribution is 2.31. The number of benzene rings is 2. The molecular weight excluding hydrogens is 366 g/mol. The molecule has 6 nitrogen and oxygen atoms in total. The van der Waals surface area contributed by atoms with Gasteiger partial charge in [-0.1, -0.05) is 17.7 Å². The second-order valence-corrected chi connectivity index (χ2v) is 6.61. The number of carbonyl (C=O) groups is 1. The quantitative estimate of drug-likeness (QED) is 0.610. The first-order chi connectivity index (χ1) is 12.9. The van der Waals surface area contributed by atoms with Crippen molar-refractivity contribution in [2.24, 2.45) is 0 Å². The molecule has 27 heavy (non-hydrogen) atoms. The van der Waals surface area contributed by atoms with Gasteiger partial charge < -0.3 is 20.4 Å². The third-order valence-electron chi connectivity index (χ3n) is 4.20. The summed E-state index contributed by atoms with van der Waals surface area (Å²) < 4.78 is 5.19. The number of H-pyrrole nitrogens is 1. The second kappa shape index (κ2) is 7.72. The number of aromatic nitrogens is 1. The third-order valence-corrected chi connectivity index (χ3v) is 4.58. The number of ether oxygens (including phenoxy) is 1. The molecule has 0 fully saturated rings. The molecule has 0 saturated carbocycles. The molecule has 0 aliphatic carbocycles. The van der Waals surface area contributed by atoms with Gasteiger partial charge in [-0.15, -0.1) is 0 Å². The third kappa shape index (κ3) is 4.06. The van der Waals surface area contributed by atoms with Gasteiger partial charge in [-0.3, -0.25) is 9.59 Å². The Balaban J connectivity index is 1.92. The summed E-state index contributed by atoms with van der Waals surface area (Å²) in [4.78, 5) is 26.6. The van der Waals surface area contributed by atoms with Crippen LogP contribution < -0.4 is 20.9 Å². The van der Waals surface area contributed by atoms with Gasteiger partial charge >= 0.3 is 0 Å². The lowest BCUT2D eigenvalue weighted by Crippen LogP contribution is -2.19. The molecule has 1 aromatic heterocycles. The Hall–Kier alpha value is -2.99. The summed E-state index contributed by atoms with van der Waals surface area (Å²) in [5, 5.41) is 7.22.